The second-order valence-corrected chi connectivity index (χ2v) is 4.88. The number of carbonyl (C=O) groups is 1. The Hall–Kier alpha value is -1.55. The van der Waals surface area contributed by atoms with Crippen LogP contribution in [0.5, 0.6) is 0 Å². The minimum atomic E-state index is -0.397. The standard InChI is InChI=1S/C15H22N2O2/c1-2-19-15(18)16-14-8-6-13(7-9-14)12-17-10-4-3-5-11-17/h6-9H,2-5,10-12H2,1H3,(H,16,18). The largest absolute Gasteiger partial charge is 0.450 e. The number of piperidine rings is 1. The second-order valence-electron chi connectivity index (χ2n) is 4.88. The van der Waals surface area contributed by atoms with Crippen LogP contribution >= 0.6 is 0 Å². The Bertz CT molecular complexity index is 397. The highest BCUT2D eigenvalue weighted by atomic mass is 16.5. The molecule has 0 atom stereocenters. The van der Waals surface area contributed by atoms with Crippen molar-refractivity contribution in [2.75, 3.05) is 25.0 Å². The van der Waals surface area contributed by atoms with E-state index in [0.29, 0.717) is 6.61 Å². The summed E-state index contributed by atoms with van der Waals surface area (Å²) in [6.45, 7) is 5.57. The van der Waals surface area contributed by atoms with E-state index in [9.17, 15) is 4.79 Å². The van der Waals surface area contributed by atoms with Crippen molar-refractivity contribution < 1.29 is 9.53 Å². The van der Waals surface area contributed by atoms with E-state index in [1.54, 1.807) is 6.92 Å². The minimum Gasteiger partial charge on any atom is -0.450 e. The van der Waals surface area contributed by atoms with Crippen LogP contribution in [0, 0.1) is 0 Å². The Labute approximate surface area is 114 Å². The summed E-state index contributed by atoms with van der Waals surface area (Å²) in [6.07, 6.45) is 3.58. The molecule has 0 bridgehead atoms. The van der Waals surface area contributed by atoms with Crippen LogP contribution in [0.1, 0.15) is 31.7 Å². The molecule has 1 heterocycles. The van der Waals surface area contributed by atoms with Crippen LogP contribution in [0.4, 0.5) is 10.5 Å². The maximum absolute atomic E-state index is 11.3. The number of amides is 1. The van der Waals surface area contributed by atoms with Crippen molar-refractivity contribution in [2.45, 2.75) is 32.7 Å². The van der Waals surface area contributed by atoms with E-state index < -0.39 is 6.09 Å². The molecule has 0 saturated carbocycles. The van der Waals surface area contributed by atoms with E-state index in [-0.39, 0.29) is 0 Å². The summed E-state index contributed by atoms with van der Waals surface area (Å²) in [7, 11) is 0. The van der Waals surface area contributed by atoms with E-state index in [4.69, 9.17) is 4.74 Å². The molecule has 2 rings (SSSR count). The number of nitrogens with one attached hydrogen (secondary N) is 1. The van der Waals surface area contributed by atoms with Gasteiger partial charge in [0.2, 0.25) is 0 Å². The quantitative estimate of drug-likeness (QED) is 0.905. The Morgan fingerprint density at radius 2 is 1.89 bits per heavy atom. The highest BCUT2D eigenvalue weighted by Crippen LogP contribution is 2.15. The lowest BCUT2D eigenvalue weighted by Gasteiger charge is -2.26. The maximum atomic E-state index is 11.3. The SMILES string of the molecule is CCOC(=O)Nc1ccc(CN2CCCCC2)cc1. The summed E-state index contributed by atoms with van der Waals surface area (Å²) in [4.78, 5) is 13.8. The van der Waals surface area contributed by atoms with Gasteiger partial charge in [-0.1, -0.05) is 18.6 Å². The predicted molar refractivity (Wildman–Crippen MR) is 76.2 cm³/mol. The molecule has 1 saturated heterocycles. The van der Waals surface area contributed by atoms with E-state index in [1.807, 2.05) is 12.1 Å². The Morgan fingerprint density at radius 1 is 1.21 bits per heavy atom. The molecular formula is C15H22N2O2. The molecule has 1 amide bonds. The van der Waals surface area contributed by atoms with Crippen molar-refractivity contribution in [3.8, 4) is 0 Å². The fourth-order valence-corrected chi connectivity index (χ4v) is 2.35. The van der Waals surface area contributed by atoms with Crippen LogP contribution in [-0.4, -0.2) is 30.7 Å². The predicted octanol–water partition coefficient (Wildman–Crippen LogP) is 3.24. The molecule has 1 aliphatic rings. The summed E-state index contributed by atoms with van der Waals surface area (Å²) < 4.78 is 4.84. The molecule has 1 aromatic rings. The minimum absolute atomic E-state index is 0.388. The number of anilines is 1. The zero-order chi connectivity index (χ0) is 13.5. The van der Waals surface area contributed by atoms with Gasteiger partial charge in [-0.15, -0.1) is 0 Å². The Morgan fingerprint density at radius 3 is 2.53 bits per heavy atom. The van der Waals surface area contributed by atoms with Gasteiger partial charge in [-0.3, -0.25) is 10.2 Å². The number of rotatable bonds is 4. The average Bonchev–Trinajstić information content (AvgIpc) is 2.42. The van der Waals surface area contributed by atoms with E-state index in [0.717, 1.165) is 12.2 Å². The lowest BCUT2D eigenvalue weighted by Crippen LogP contribution is -2.29. The first-order chi connectivity index (χ1) is 9.28. The van der Waals surface area contributed by atoms with Crippen molar-refractivity contribution in [2.24, 2.45) is 0 Å². The first-order valence-electron chi connectivity index (χ1n) is 7.03. The number of carbonyl (C=O) groups excluding carboxylic acids is 1. The van der Waals surface area contributed by atoms with E-state index >= 15 is 0 Å². The lowest BCUT2D eigenvalue weighted by atomic mass is 10.1. The molecule has 104 valence electrons. The molecule has 4 heteroatoms. The van der Waals surface area contributed by atoms with Crippen molar-refractivity contribution in [1.82, 2.24) is 4.90 Å². The van der Waals surface area contributed by atoms with Crippen LogP contribution in [0.2, 0.25) is 0 Å². The molecule has 1 aromatic carbocycles. The van der Waals surface area contributed by atoms with Crippen LogP contribution < -0.4 is 5.32 Å². The third-order valence-electron chi connectivity index (χ3n) is 3.33. The summed E-state index contributed by atoms with van der Waals surface area (Å²) in [5, 5.41) is 2.70. The number of likely N-dealkylation sites (tertiary alicyclic amines) is 1. The molecule has 0 unspecified atom stereocenters. The monoisotopic (exact) mass is 262 g/mol. The molecular weight excluding hydrogens is 240 g/mol. The first kappa shape index (κ1) is 13.9. The highest BCUT2D eigenvalue weighted by molar-refractivity contribution is 5.84. The van der Waals surface area contributed by atoms with E-state index in [1.165, 1.54) is 37.9 Å². The van der Waals surface area contributed by atoms with Crippen molar-refractivity contribution in [3.63, 3.8) is 0 Å². The highest BCUT2D eigenvalue weighted by Gasteiger charge is 2.10. The molecule has 0 spiro atoms. The fourth-order valence-electron chi connectivity index (χ4n) is 2.35. The number of benzene rings is 1. The Kier molecular flexibility index (Phi) is 5.21. The molecule has 0 aliphatic carbocycles. The van der Waals surface area contributed by atoms with Gasteiger partial charge in [-0.05, 0) is 50.6 Å². The maximum Gasteiger partial charge on any atom is 0.411 e. The van der Waals surface area contributed by atoms with Gasteiger partial charge in [0.25, 0.3) is 0 Å². The molecule has 0 radical (unpaired) electrons. The molecule has 1 fully saturated rings. The summed E-state index contributed by atoms with van der Waals surface area (Å²) >= 11 is 0. The topological polar surface area (TPSA) is 41.6 Å². The molecule has 4 nitrogen and oxygen atoms in total. The Balaban J connectivity index is 1.85. The molecule has 1 aliphatic heterocycles. The number of ether oxygens (including phenoxy) is 1. The number of hydrogen-bond acceptors (Lipinski definition) is 3. The number of nitrogens with zero attached hydrogens (tertiary/aromatic N) is 1. The number of hydrogen-bond donors (Lipinski definition) is 1. The van der Waals surface area contributed by atoms with Crippen LogP contribution in [0.15, 0.2) is 24.3 Å². The van der Waals surface area contributed by atoms with Gasteiger partial charge >= 0.3 is 6.09 Å². The van der Waals surface area contributed by atoms with Gasteiger partial charge in [0.1, 0.15) is 0 Å². The normalized spacial score (nSPS) is 16.1. The molecule has 1 N–H and O–H groups in total. The van der Waals surface area contributed by atoms with Crippen LogP contribution in [-0.2, 0) is 11.3 Å². The van der Waals surface area contributed by atoms with Gasteiger partial charge in [0, 0.05) is 12.2 Å². The summed E-state index contributed by atoms with van der Waals surface area (Å²) in [6, 6.07) is 7.98. The van der Waals surface area contributed by atoms with E-state index in [2.05, 4.69) is 22.3 Å². The van der Waals surface area contributed by atoms with Gasteiger partial charge in [0.15, 0.2) is 0 Å². The summed E-state index contributed by atoms with van der Waals surface area (Å²) in [5.41, 5.74) is 2.07. The van der Waals surface area contributed by atoms with Gasteiger partial charge in [-0.2, -0.15) is 0 Å². The van der Waals surface area contributed by atoms with Crippen molar-refractivity contribution in [1.29, 1.82) is 0 Å². The summed E-state index contributed by atoms with van der Waals surface area (Å²) in [5.74, 6) is 0. The molecule has 19 heavy (non-hydrogen) atoms. The average molecular weight is 262 g/mol. The smallest absolute Gasteiger partial charge is 0.411 e. The third-order valence-corrected chi connectivity index (χ3v) is 3.33. The van der Waals surface area contributed by atoms with Crippen LogP contribution in [0.25, 0.3) is 0 Å². The third kappa shape index (κ3) is 4.56. The van der Waals surface area contributed by atoms with Gasteiger partial charge in [-0.25, -0.2) is 4.79 Å². The molecule has 0 aromatic heterocycles. The van der Waals surface area contributed by atoms with Crippen LogP contribution in [0.3, 0.4) is 0 Å². The second kappa shape index (κ2) is 7.14. The lowest BCUT2D eigenvalue weighted by molar-refractivity contribution is 0.168. The zero-order valence-corrected chi connectivity index (χ0v) is 11.5. The first-order valence-corrected chi connectivity index (χ1v) is 7.03. The zero-order valence-electron chi connectivity index (χ0n) is 11.5. The van der Waals surface area contributed by atoms with Crippen molar-refractivity contribution >= 4 is 11.8 Å². The van der Waals surface area contributed by atoms with Crippen molar-refractivity contribution in [3.05, 3.63) is 29.8 Å². The van der Waals surface area contributed by atoms with Gasteiger partial charge in [0.05, 0.1) is 6.61 Å². The van der Waals surface area contributed by atoms with Gasteiger partial charge < -0.3 is 4.74 Å². The fraction of sp³-hybridized carbons (Fsp3) is 0.533.